The zero-order valence-corrected chi connectivity index (χ0v) is 13.2. The van der Waals surface area contributed by atoms with Crippen LogP contribution in [0.25, 0.3) is 0 Å². The van der Waals surface area contributed by atoms with Crippen LogP contribution in [0.1, 0.15) is 27.6 Å². The van der Waals surface area contributed by atoms with E-state index in [1.165, 1.54) is 25.1 Å². The van der Waals surface area contributed by atoms with E-state index >= 15 is 0 Å². The van der Waals surface area contributed by atoms with Crippen LogP contribution in [0.4, 0.5) is 8.78 Å². The Hall–Kier alpha value is -2.61. The number of carbonyl (C=O) groups excluding carboxylic acids is 2. The molecule has 0 radical (unpaired) electrons. The smallest absolute Gasteiger partial charge is 0.343 e. The third-order valence-corrected chi connectivity index (χ3v) is 4.50. The molecule has 8 heteroatoms. The average molecular weight is 354 g/mol. The van der Waals surface area contributed by atoms with Gasteiger partial charge in [-0.2, -0.15) is 8.78 Å². The molecule has 0 amide bonds. The molecule has 2 aromatic rings. The Morgan fingerprint density at radius 3 is 2.17 bits per heavy atom. The summed E-state index contributed by atoms with van der Waals surface area (Å²) in [5.41, 5.74) is 0.343. The lowest BCUT2D eigenvalue weighted by molar-refractivity contribution is 0.0733. The Morgan fingerprint density at radius 1 is 1.00 bits per heavy atom. The molecule has 2 aromatic carbocycles. The molecule has 0 heterocycles. The largest absolute Gasteiger partial charge is 0.423 e. The number of hydrogen-bond acceptors (Lipinski definition) is 5. The first-order valence-electron chi connectivity index (χ1n) is 6.67. The minimum atomic E-state index is -4.72. The van der Waals surface area contributed by atoms with Gasteiger partial charge in [-0.25, -0.2) is 13.2 Å². The van der Waals surface area contributed by atoms with Gasteiger partial charge >= 0.3 is 11.7 Å². The number of benzene rings is 2. The van der Waals surface area contributed by atoms with Crippen molar-refractivity contribution in [2.45, 2.75) is 17.6 Å². The molecule has 24 heavy (non-hydrogen) atoms. The van der Waals surface area contributed by atoms with E-state index in [9.17, 15) is 26.8 Å². The second-order valence-electron chi connectivity index (χ2n) is 4.80. The molecule has 0 aliphatic rings. The summed E-state index contributed by atoms with van der Waals surface area (Å²) in [7, 11) is -4.72. The first kappa shape index (κ1) is 17.7. The predicted octanol–water partition coefficient (Wildman–Crippen LogP) is 3.10. The highest BCUT2D eigenvalue weighted by Crippen LogP contribution is 2.20. The first-order valence-corrected chi connectivity index (χ1v) is 8.22. The second kappa shape index (κ2) is 6.88. The van der Waals surface area contributed by atoms with Crippen molar-refractivity contribution in [3.63, 3.8) is 0 Å². The maximum absolute atomic E-state index is 12.4. The molecule has 0 aromatic heterocycles. The molecule has 0 spiro atoms. The summed E-state index contributed by atoms with van der Waals surface area (Å²) in [6.07, 6.45) is 0. The van der Waals surface area contributed by atoms with Crippen LogP contribution in [0.2, 0.25) is 0 Å². The fraction of sp³-hybridized carbons (Fsp3) is 0.125. The van der Waals surface area contributed by atoms with Gasteiger partial charge in [-0.05, 0) is 43.3 Å². The third kappa shape index (κ3) is 3.83. The molecule has 0 saturated carbocycles. The van der Waals surface area contributed by atoms with E-state index in [4.69, 9.17) is 4.74 Å². The summed E-state index contributed by atoms with van der Waals surface area (Å²) in [6.45, 7) is 1.36. The van der Waals surface area contributed by atoms with Gasteiger partial charge in [0.1, 0.15) is 5.75 Å². The standard InChI is InChI=1S/C16H12F2O5S/c1-10(19)12-3-2-4-13(9-12)23-15(20)11-5-7-14(8-6-11)24(21,22)16(17)18/h2-9,16H,1H3. The number of halogens is 2. The van der Waals surface area contributed by atoms with Crippen molar-refractivity contribution in [1.82, 2.24) is 0 Å². The van der Waals surface area contributed by atoms with Crippen LogP contribution in [-0.4, -0.2) is 25.9 Å². The quantitative estimate of drug-likeness (QED) is 0.468. The molecule has 0 atom stereocenters. The van der Waals surface area contributed by atoms with E-state index in [-0.39, 0.29) is 17.1 Å². The molecule has 0 aliphatic heterocycles. The molecular weight excluding hydrogens is 342 g/mol. The summed E-state index contributed by atoms with van der Waals surface area (Å²) < 4.78 is 52.6. The third-order valence-electron chi connectivity index (χ3n) is 3.10. The van der Waals surface area contributed by atoms with Crippen LogP contribution < -0.4 is 4.74 Å². The minimum Gasteiger partial charge on any atom is -0.423 e. The highest BCUT2D eigenvalue weighted by molar-refractivity contribution is 7.91. The Bertz CT molecular complexity index is 874. The van der Waals surface area contributed by atoms with Crippen LogP contribution in [0, 0.1) is 0 Å². The van der Waals surface area contributed by atoms with Gasteiger partial charge in [0.25, 0.3) is 0 Å². The lowest BCUT2D eigenvalue weighted by Gasteiger charge is -2.07. The SMILES string of the molecule is CC(=O)c1cccc(OC(=O)c2ccc(S(=O)(=O)C(F)F)cc2)c1. The fourth-order valence-electron chi connectivity index (χ4n) is 1.83. The molecular formula is C16H12F2O5S. The van der Waals surface area contributed by atoms with Gasteiger partial charge in [-0.15, -0.1) is 0 Å². The zero-order valence-electron chi connectivity index (χ0n) is 12.4. The molecule has 0 N–H and O–H groups in total. The van der Waals surface area contributed by atoms with Gasteiger partial charge in [0, 0.05) is 5.56 Å². The minimum absolute atomic E-state index is 0.0172. The van der Waals surface area contributed by atoms with Crippen molar-refractivity contribution in [2.75, 3.05) is 0 Å². The number of hydrogen-bond donors (Lipinski definition) is 0. The highest BCUT2D eigenvalue weighted by Gasteiger charge is 2.26. The van der Waals surface area contributed by atoms with E-state index in [2.05, 4.69) is 0 Å². The fourth-order valence-corrected chi connectivity index (χ4v) is 2.55. The number of ketones is 1. The van der Waals surface area contributed by atoms with Crippen molar-refractivity contribution in [3.8, 4) is 5.75 Å². The highest BCUT2D eigenvalue weighted by atomic mass is 32.2. The number of sulfone groups is 1. The lowest BCUT2D eigenvalue weighted by atomic mass is 10.1. The Balaban J connectivity index is 2.19. The normalized spacial score (nSPS) is 11.3. The van der Waals surface area contributed by atoms with Gasteiger partial charge in [0.15, 0.2) is 5.78 Å². The summed E-state index contributed by atoms with van der Waals surface area (Å²) >= 11 is 0. The van der Waals surface area contributed by atoms with Crippen LogP contribution in [0.5, 0.6) is 5.75 Å². The monoisotopic (exact) mass is 354 g/mol. The number of alkyl halides is 2. The van der Waals surface area contributed by atoms with Crippen LogP contribution >= 0.6 is 0 Å². The molecule has 0 saturated heterocycles. The molecule has 0 unspecified atom stereocenters. The van der Waals surface area contributed by atoms with E-state index in [1.807, 2.05) is 0 Å². The summed E-state index contributed by atoms with van der Waals surface area (Å²) in [5, 5.41) is 0. The number of rotatable bonds is 5. The zero-order chi connectivity index (χ0) is 17.9. The predicted molar refractivity (Wildman–Crippen MR) is 81.0 cm³/mol. The van der Waals surface area contributed by atoms with Crippen LogP contribution in [0.3, 0.4) is 0 Å². The maximum Gasteiger partial charge on any atom is 0.343 e. The molecule has 5 nitrogen and oxygen atoms in total. The van der Waals surface area contributed by atoms with Crippen molar-refractivity contribution < 1.29 is 31.5 Å². The Morgan fingerprint density at radius 2 is 1.62 bits per heavy atom. The second-order valence-corrected chi connectivity index (χ2v) is 6.72. The summed E-state index contributed by atoms with van der Waals surface area (Å²) in [5.74, 6) is -4.41. The van der Waals surface area contributed by atoms with E-state index < -0.39 is 26.5 Å². The van der Waals surface area contributed by atoms with Gasteiger partial charge in [0.2, 0.25) is 9.84 Å². The molecule has 126 valence electrons. The van der Waals surface area contributed by atoms with E-state index in [0.717, 1.165) is 24.3 Å². The molecule has 2 rings (SSSR count). The Labute approximate surface area is 136 Å². The Kier molecular flexibility index (Phi) is 5.08. The summed E-state index contributed by atoms with van der Waals surface area (Å²) in [6, 6.07) is 9.92. The molecule has 0 aliphatic carbocycles. The first-order chi connectivity index (χ1) is 11.2. The topological polar surface area (TPSA) is 77.5 Å². The van der Waals surface area contributed by atoms with Crippen LogP contribution in [0.15, 0.2) is 53.4 Å². The van der Waals surface area contributed by atoms with Gasteiger partial charge in [0.05, 0.1) is 10.5 Å². The number of esters is 1. The van der Waals surface area contributed by atoms with E-state index in [1.54, 1.807) is 6.07 Å². The van der Waals surface area contributed by atoms with Crippen molar-refractivity contribution in [3.05, 3.63) is 59.7 Å². The van der Waals surface area contributed by atoms with Gasteiger partial charge in [-0.1, -0.05) is 12.1 Å². The number of ether oxygens (including phenoxy) is 1. The van der Waals surface area contributed by atoms with Gasteiger partial charge < -0.3 is 4.74 Å². The summed E-state index contributed by atoms with van der Waals surface area (Å²) in [4.78, 5) is 22.7. The maximum atomic E-state index is 12.4. The average Bonchev–Trinajstić information content (AvgIpc) is 2.55. The van der Waals surface area contributed by atoms with Crippen molar-refractivity contribution in [1.29, 1.82) is 0 Å². The van der Waals surface area contributed by atoms with Crippen molar-refractivity contribution >= 4 is 21.6 Å². The molecule has 0 fully saturated rings. The molecule has 0 bridgehead atoms. The number of Topliss-reactive ketones (excluding diaryl/α,β-unsaturated/α-hetero) is 1. The van der Waals surface area contributed by atoms with Gasteiger partial charge in [-0.3, -0.25) is 4.79 Å². The van der Waals surface area contributed by atoms with Crippen LogP contribution in [-0.2, 0) is 9.84 Å². The van der Waals surface area contributed by atoms with E-state index in [0.29, 0.717) is 5.56 Å². The van der Waals surface area contributed by atoms with Crippen molar-refractivity contribution in [2.24, 2.45) is 0 Å². The number of carbonyl (C=O) groups is 2. The lowest BCUT2D eigenvalue weighted by Crippen LogP contribution is -2.13.